The molecule has 0 bridgehead atoms. The summed E-state index contributed by atoms with van der Waals surface area (Å²) in [5.74, 6) is 0.478. The van der Waals surface area contributed by atoms with Gasteiger partial charge in [0.25, 0.3) is 5.91 Å². The number of nitrogens with zero attached hydrogens (tertiary/aromatic N) is 1. The number of benzene rings is 3. The Labute approximate surface area is 171 Å². The van der Waals surface area contributed by atoms with Gasteiger partial charge in [-0.05, 0) is 71.8 Å². The van der Waals surface area contributed by atoms with E-state index in [4.69, 9.17) is 16.3 Å². The van der Waals surface area contributed by atoms with Gasteiger partial charge in [0, 0.05) is 15.1 Å². The summed E-state index contributed by atoms with van der Waals surface area (Å²) in [4.78, 5) is 12.0. The lowest BCUT2D eigenvalue weighted by Crippen LogP contribution is -2.17. The average molecular weight is 444 g/mol. The molecule has 4 nitrogen and oxygen atoms in total. The summed E-state index contributed by atoms with van der Waals surface area (Å²) in [6.07, 6.45) is 1.58. The van der Waals surface area contributed by atoms with Crippen molar-refractivity contribution in [1.82, 2.24) is 5.43 Å². The van der Waals surface area contributed by atoms with Crippen LogP contribution in [-0.2, 0) is 6.61 Å². The van der Waals surface area contributed by atoms with Crippen molar-refractivity contribution in [3.63, 3.8) is 0 Å². The highest BCUT2D eigenvalue weighted by molar-refractivity contribution is 9.10. The minimum atomic E-state index is -0.264. The molecule has 0 saturated heterocycles. The van der Waals surface area contributed by atoms with Crippen LogP contribution >= 0.6 is 27.5 Å². The van der Waals surface area contributed by atoms with E-state index >= 15 is 0 Å². The molecule has 1 amide bonds. The number of amides is 1. The zero-order chi connectivity index (χ0) is 19.1. The lowest BCUT2D eigenvalue weighted by molar-refractivity contribution is 0.0955. The zero-order valence-electron chi connectivity index (χ0n) is 14.2. The quantitative estimate of drug-likeness (QED) is 0.407. The van der Waals surface area contributed by atoms with Crippen molar-refractivity contribution in [2.45, 2.75) is 6.61 Å². The SMILES string of the molecule is O=C(N/N=C\c1ccc(OCc2cccc(Cl)c2)cc1)c1ccc(Br)cc1. The molecule has 3 rings (SSSR count). The van der Waals surface area contributed by atoms with E-state index in [1.165, 1.54) is 0 Å². The molecule has 3 aromatic rings. The average Bonchev–Trinajstić information content (AvgIpc) is 2.68. The Morgan fingerprint density at radius 2 is 1.81 bits per heavy atom. The molecule has 0 heterocycles. The second-order valence-electron chi connectivity index (χ2n) is 5.69. The largest absolute Gasteiger partial charge is 0.489 e. The summed E-state index contributed by atoms with van der Waals surface area (Å²) in [6.45, 7) is 0.442. The van der Waals surface area contributed by atoms with Gasteiger partial charge in [0.1, 0.15) is 12.4 Å². The van der Waals surface area contributed by atoms with E-state index in [1.54, 1.807) is 30.5 Å². The molecule has 0 radical (unpaired) electrons. The van der Waals surface area contributed by atoms with Gasteiger partial charge < -0.3 is 4.74 Å². The predicted octanol–water partition coefficient (Wildman–Crippen LogP) is 5.45. The summed E-state index contributed by atoms with van der Waals surface area (Å²) in [5, 5.41) is 4.67. The van der Waals surface area contributed by atoms with Gasteiger partial charge in [0.2, 0.25) is 0 Å². The van der Waals surface area contributed by atoms with Crippen LogP contribution in [0.2, 0.25) is 5.02 Å². The van der Waals surface area contributed by atoms with Gasteiger partial charge in [0.05, 0.1) is 6.21 Å². The third-order valence-corrected chi connectivity index (χ3v) is 4.42. The summed E-state index contributed by atoms with van der Waals surface area (Å²) < 4.78 is 6.65. The minimum absolute atomic E-state index is 0.264. The molecule has 136 valence electrons. The Hall–Kier alpha value is -2.63. The smallest absolute Gasteiger partial charge is 0.271 e. The lowest BCUT2D eigenvalue weighted by atomic mass is 10.2. The predicted molar refractivity (Wildman–Crippen MR) is 111 cm³/mol. The molecular weight excluding hydrogens is 428 g/mol. The second-order valence-corrected chi connectivity index (χ2v) is 7.05. The molecule has 0 aliphatic heterocycles. The molecule has 0 aromatic heterocycles. The van der Waals surface area contributed by atoms with Crippen LogP contribution in [0.1, 0.15) is 21.5 Å². The molecule has 1 N–H and O–H groups in total. The van der Waals surface area contributed by atoms with Crippen molar-refractivity contribution < 1.29 is 9.53 Å². The first-order valence-electron chi connectivity index (χ1n) is 8.16. The van der Waals surface area contributed by atoms with Gasteiger partial charge >= 0.3 is 0 Å². The number of rotatable bonds is 6. The molecule has 0 fully saturated rings. The molecule has 0 saturated carbocycles. The van der Waals surface area contributed by atoms with Crippen LogP contribution in [0, 0.1) is 0 Å². The van der Waals surface area contributed by atoms with Gasteiger partial charge in [-0.3, -0.25) is 4.79 Å². The maximum atomic E-state index is 12.0. The van der Waals surface area contributed by atoms with E-state index in [9.17, 15) is 4.79 Å². The number of carbonyl (C=O) groups excluding carboxylic acids is 1. The van der Waals surface area contributed by atoms with Crippen molar-refractivity contribution in [3.05, 3.63) is 99.0 Å². The molecule has 0 atom stereocenters. The lowest BCUT2D eigenvalue weighted by Gasteiger charge is -2.06. The zero-order valence-corrected chi connectivity index (χ0v) is 16.6. The van der Waals surface area contributed by atoms with Gasteiger partial charge in [-0.2, -0.15) is 5.10 Å². The molecule has 27 heavy (non-hydrogen) atoms. The summed E-state index contributed by atoms with van der Waals surface area (Å²) >= 11 is 9.30. The number of nitrogens with one attached hydrogen (secondary N) is 1. The number of hydrogen-bond acceptors (Lipinski definition) is 3. The van der Waals surface area contributed by atoms with Crippen LogP contribution in [0.4, 0.5) is 0 Å². The topological polar surface area (TPSA) is 50.7 Å². The maximum absolute atomic E-state index is 12.0. The third kappa shape index (κ3) is 5.94. The maximum Gasteiger partial charge on any atom is 0.271 e. The molecule has 0 unspecified atom stereocenters. The van der Waals surface area contributed by atoms with E-state index in [-0.39, 0.29) is 5.91 Å². The molecule has 0 aliphatic rings. The Morgan fingerprint density at radius 1 is 1.07 bits per heavy atom. The first-order valence-corrected chi connectivity index (χ1v) is 9.33. The molecule has 0 spiro atoms. The van der Waals surface area contributed by atoms with Gasteiger partial charge in [-0.1, -0.05) is 39.7 Å². The van der Waals surface area contributed by atoms with Gasteiger partial charge in [-0.15, -0.1) is 0 Å². The highest BCUT2D eigenvalue weighted by atomic mass is 79.9. The van der Waals surface area contributed by atoms with E-state index in [1.807, 2.05) is 48.5 Å². The molecular formula is C21H16BrClN2O2. The Bertz CT molecular complexity index is 941. The van der Waals surface area contributed by atoms with Crippen LogP contribution in [-0.4, -0.2) is 12.1 Å². The number of hydrazone groups is 1. The van der Waals surface area contributed by atoms with Crippen molar-refractivity contribution in [2.24, 2.45) is 5.10 Å². The first-order chi connectivity index (χ1) is 13.1. The van der Waals surface area contributed by atoms with E-state index in [2.05, 4.69) is 26.5 Å². The van der Waals surface area contributed by atoms with Gasteiger partial charge in [0.15, 0.2) is 0 Å². The van der Waals surface area contributed by atoms with E-state index in [0.717, 1.165) is 21.3 Å². The summed E-state index contributed by atoms with van der Waals surface area (Å²) in [6, 6.07) is 22.0. The van der Waals surface area contributed by atoms with Crippen LogP contribution in [0.15, 0.2) is 82.4 Å². The van der Waals surface area contributed by atoms with Crippen LogP contribution in [0.25, 0.3) is 0 Å². The molecule has 6 heteroatoms. The monoisotopic (exact) mass is 442 g/mol. The summed E-state index contributed by atoms with van der Waals surface area (Å²) in [7, 11) is 0. The standard InChI is InChI=1S/C21H16BrClN2O2/c22-18-8-6-17(7-9-18)21(26)25-24-13-15-4-10-20(11-5-15)27-14-16-2-1-3-19(23)12-16/h1-13H,14H2,(H,25,26)/b24-13-. The molecule has 0 aliphatic carbocycles. The Balaban J connectivity index is 1.51. The number of hydrogen-bond donors (Lipinski definition) is 1. The van der Waals surface area contributed by atoms with Crippen LogP contribution in [0.5, 0.6) is 5.75 Å². The van der Waals surface area contributed by atoms with E-state index < -0.39 is 0 Å². The normalized spacial score (nSPS) is 10.7. The fourth-order valence-corrected chi connectivity index (χ4v) is 2.75. The second kappa shape index (κ2) is 9.35. The molecule has 3 aromatic carbocycles. The first kappa shape index (κ1) is 19.1. The van der Waals surface area contributed by atoms with Crippen molar-refractivity contribution in [3.8, 4) is 5.75 Å². The fraction of sp³-hybridized carbons (Fsp3) is 0.0476. The van der Waals surface area contributed by atoms with Crippen LogP contribution in [0.3, 0.4) is 0 Å². The Morgan fingerprint density at radius 3 is 2.52 bits per heavy atom. The minimum Gasteiger partial charge on any atom is -0.489 e. The fourth-order valence-electron chi connectivity index (χ4n) is 2.27. The number of ether oxygens (including phenoxy) is 1. The van der Waals surface area contributed by atoms with Crippen LogP contribution < -0.4 is 10.2 Å². The van der Waals surface area contributed by atoms with E-state index in [0.29, 0.717) is 17.2 Å². The van der Waals surface area contributed by atoms with Crippen molar-refractivity contribution in [1.29, 1.82) is 0 Å². The highest BCUT2D eigenvalue weighted by Crippen LogP contribution is 2.16. The number of carbonyl (C=O) groups is 1. The highest BCUT2D eigenvalue weighted by Gasteiger charge is 2.03. The summed E-state index contributed by atoms with van der Waals surface area (Å²) in [5.41, 5.74) is 4.90. The van der Waals surface area contributed by atoms with Gasteiger partial charge in [-0.25, -0.2) is 5.43 Å². The van der Waals surface area contributed by atoms with Crippen molar-refractivity contribution in [2.75, 3.05) is 0 Å². The third-order valence-electron chi connectivity index (χ3n) is 3.66. The van der Waals surface area contributed by atoms with Crippen molar-refractivity contribution >= 4 is 39.7 Å². The number of halogens is 2. The Kier molecular flexibility index (Phi) is 6.63.